The van der Waals surface area contributed by atoms with E-state index in [4.69, 9.17) is 4.74 Å². The second-order valence-electron chi connectivity index (χ2n) is 5.78. The summed E-state index contributed by atoms with van der Waals surface area (Å²) in [4.78, 5) is 10.9. The Hall–Kier alpha value is -2.90. The molecule has 0 aliphatic rings. The molecule has 0 spiro atoms. The number of aromatic nitrogens is 2. The average molecular weight is 331 g/mol. The fourth-order valence-electron chi connectivity index (χ4n) is 2.71. The third-order valence-electron chi connectivity index (χ3n) is 4.00. The molecule has 2 aromatic carbocycles. The number of hydrogen-bond donors (Lipinski definition) is 0. The second kappa shape index (κ2) is 8.27. The van der Waals surface area contributed by atoms with Gasteiger partial charge in [-0.3, -0.25) is 0 Å². The van der Waals surface area contributed by atoms with Crippen molar-refractivity contribution in [2.24, 2.45) is 0 Å². The van der Waals surface area contributed by atoms with Crippen LogP contribution in [0.2, 0.25) is 0 Å². The molecule has 0 aliphatic carbocycles. The average Bonchev–Trinajstić information content (AvgIpc) is 2.66. The Labute approximate surface area is 148 Å². The Balaban J connectivity index is 1.69. The van der Waals surface area contributed by atoms with Gasteiger partial charge in [0.2, 0.25) is 0 Å². The number of methoxy groups -OCH3 is 1. The van der Waals surface area contributed by atoms with Crippen LogP contribution in [-0.4, -0.2) is 30.7 Å². The van der Waals surface area contributed by atoms with Crippen LogP contribution in [0.5, 0.6) is 0 Å². The molecule has 1 heterocycles. The standard InChI is InChI=1S/C21H21N3O/c1-24(21-19-12-5-6-13-20(19)22-16-23-21)14-8-7-10-17-9-3-4-11-18(17)15-25-2/h3-6,9,11-13,16H,8,14-15H2,1-2H3. The van der Waals surface area contributed by atoms with Crippen LogP contribution in [0.4, 0.5) is 5.82 Å². The van der Waals surface area contributed by atoms with E-state index in [9.17, 15) is 0 Å². The van der Waals surface area contributed by atoms with Gasteiger partial charge < -0.3 is 9.64 Å². The van der Waals surface area contributed by atoms with E-state index in [1.54, 1.807) is 13.4 Å². The quantitative estimate of drug-likeness (QED) is 0.669. The molecule has 0 unspecified atom stereocenters. The number of fused-ring (bicyclic) bond motifs is 1. The molecule has 126 valence electrons. The highest BCUT2D eigenvalue weighted by Crippen LogP contribution is 2.21. The molecule has 25 heavy (non-hydrogen) atoms. The maximum absolute atomic E-state index is 5.22. The zero-order valence-corrected chi connectivity index (χ0v) is 14.6. The SMILES string of the molecule is COCc1ccccc1C#CCCN(C)c1ncnc2ccccc12. The summed E-state index contributed by atoms with van der Waals surface area (Å²) in [6, 6.07) is 16.1. The van der Waals surface area contributed by atoms with Gasteiger partial charge in [0.05, 0.1) is 12.1 Å². The van der Waals surface area contributed by atoms with Gasteiger partial charge in [-0.2, -0.15) is 0 Å². The molecule has 4 heteroatoms. The molecular formula is C21H21N3O. The maximum atomic E-state index is 5.22. The molecular weight excluding hydrogens is 310 g/mol. The third kappa shape index (κ3) is 4.14. The largest absolute Gasteiger partial charge is 0.380 e. The highest BCUT2D eigenvalue weighted by Gasteiger charge is 2.07. The molecule has 0 atom stereocenters. The lowest BCUT2D eigenvalue weighted by atomic mass is 10.1. The summed E-state index contributed by atoms with van der Waals surface area (Å²) in [5.74, 6) is 7.45. The molecule has 0 N–H and O–H groups in total. The van der Waals surface area contributed by atoms with Crippen LogP contribution in [-0.2, 0) is 11.3 Å². The van der Waals surface area contributed by atoms with Gasteiger partial charge in [0.15, 0.2) is 0 Å². The molecule has 0 saturated carbocycles. The van der Waals surface area contributed by atoms with E-state index in [1.165, 1.54) is 0 Å². The van der Waals surface area contributed by atoms with E-state index in [0.29, 0.717) is 6.61 Å². The van der Waals surface area contributed by atoms with E-state index < -0.39 is 0 Å². The van der Waals surface area contributed by atoms with Gasteiger partial charge in [-0.1, -0.05) is 42.2 Å². The number of nitrogens with zero attached hydrogens (tertiary/aromatic N) is 3. The lowest BCUT2D eigenvalue weighted by Crippen LogP contribution is -2.19. The van der Waals surface area contributed by atoms with Gasteiger partial charge in [0.25, 0.3) is 0 Å². The van der Waals surface area contributed by atoms with Crippen molar-refractivity contribution in [3.05, 3.63) is 66.0 Å². The Morgan fingerprint density at radius 2 is 1.84 bits per heavy atom. The van der Waals surface area contributed by atoms with E-state index in [0.717, 1.165) is 40.8 Å². The molecule has 0 aliphatic heterocycles. The summed E-state index contributed by atoms with van der Waals surface area (Å²) in [6.45, 7) is 1.39. The minimum atomic E-state index is 0.581. The van der Waals surface area contributed by atoms with Crippen molar-refractivity contribution in [2.45, 2.75) is 13.0 Å². The maximum Gasteiger partial charge on any atom is 0.139 e. The second-order valence-corrected chi connectivity index (χ2v) is 5.78. The fraction of sp³-hybridized carbons (Fsp3) is 0.238. The van der Waals surface area contributed by atoms with Crippen LogP contribution in [0.25, 0.3) is 10.9 Å². The minimum Gasteiger partial charge on any atom is -0.380 e. The van der Waals surface area contributed by atoms with Crippen molar-refractivity contribution in [2.75, 3.05) is 25.6 Å². The molecule has 1 aromatic heterocycles. The number of ether oxygens (including phenoxy) is 1. The Kier molecular flexibility index (Phi) is 5.61. The van der Waals surface area contributed by atoms with Gasteiger partial charge in [-0.05, 0) is 23.8 Å². The van der Waals surface area contributed by atoms with Crippen molar-refractivity contribution in [1.29, 1.82) is 0 Å². The van der Waals surface area contributed by atoms with Gasteiger partial charge in [-0.25, -0.2) is 9.97 Å². The topological polar surface area (TPSA) is 38.2 Å². The first-order valence-corrected chi connectivity index (χ1v) is 8.26. The molecule has 0 fully saturated rings. The first-order valence-electron chi connectivity index (χ1n) is 8.26. The smallest absolute Gasteiger partial charge is 0.139 e. The number of benzene rings is 2. The summed E-state index contributed by atoms with van der Waals surface area (Å²) < 4.78 is 5.22. The molecule has 4 nitrogen and oxygen atoms in total. The van der Waals surface area contributed by atoms with Crippen LogP contribution in [0.15, 0.2) is 54.9 Å². The zero-order chi connectivity index (χ0) is 17.5. The molecule has 3 aromatic rings. The van der Waals surface area contributed by atoms with Crippen molar-refractivity contribution in [1.82, 2.24) is 9.97 Å². The first-order chi connectivity index (χ1) is 12.3. The van der Waals surface area contributed by atoms with Crippen LogP contribution in [0, 0.1) is 11.8 Å². The Morgan fingerprint density at radius 1 is 1.04 bits per heavy atom. The van der Waals surface area contributed by atoms with Gasteiger partial charge >= 0.3 is 0 Å². The summed E-state index contributed by atoms with van der Waals surface area (Å²) >= 11 is 0. The van der Waals surface area contributed by atoms with E-state index in [1.807, 2.05) is 55.6 Å². The van der Waals surface area contributed by atoms with E-state index in [2.05, 4.69) is 26.7 Å². The first kappa shape index (κ1) is 16.9. The summed E-state index contributed by atoms with van der Waals surface area (Å²) in [6.07, 6.45) is 2.37. The minimum absolute atomic E-state index is 0.581. The summed E-state index contributed by atoms with van der Waals surface area (Å²) in [5, 5.41) is 1.06. The van der Waals surface area contributed by atoms with Crippen LogP contribution in [0.1, 0.15) is 17.5 Å². The highest BCUT2D eigenvalue weighted by molar-refractivity contribution is 5.89. The van der Waals surface area contributed by atoms with Gasteiger partial charge in [-0.15, -0.1) is 0 Å². The lowest BCUT2D eigenvalue weighted by Gasteiger charge is -2.18. The number of rotatable bonds is 5. The third-order valence-corrected chi connectivity index (χ3v) is 4.00. The normalized spacial score (nSPS) is 10.3. The number of para-hydroxylation sites is 1. The van der Waals surface area contributed by atoms with Crippen molar-refractivity contribution in [3.8, 4) is 11.8 Å². The fourth-order valence-corrected chi connectivity index (χ4v) is 2.71. The van der Waals surface area contributed by atoms with Gasteiger partial charge in [0, 0.05) is 38.1 Å². The number of hydrogen-bond acceptors (Lipinski definition) is 4. The lowest BCUT2D eigenvalue weighted by molar-refractivity contribution is 0.184. The Bertz CT molecular complexity index is 906. The summed E-state index contributed by atoms with van der Waals surface area (Å²) in [7, 11) is 3.74. The van der Waals surface area contributed by atoms with Crippen LogP contribution < -0.4 is 4.90 Å². The molecule has 0 bridgehead atoms. The van der Waals surface area contributed by atoms with E-state index in [-0.39, 0.29) is 0 Å². The van der Waals surface area contributed by atoms with Crippen LogP contribution in [0.3, 0.4) is 0 Å². The monoisotopic (exact) mass is 331 g/mol. The van der Waals surface area contributed by atoms with Crippen LogP contribution >= 0.6 is 0 Å². The summed E-state index contributed by atoms with van der Waals surface area (Å²) in [5.41, 5.74) is 3.10. The predicted molar refractivity (Wildman–Crippen MR) is 101 cm³/mol. The zero-order valence-electron chi connectivity index (χ0n) is 14.6. The number of anilines is 1. The molecule has 0 radical (unpaired) electrons. The molecule has 0 saturated heterocycles. The van der Waals surface area contributed by atoms with Gasteiger partial charge in [0.1, 0.15) is 12.1 Å². The van der Waals surface area contributed by atoms with Crippen molar-refractivity contribution in [3.63, 3.8) is 0 Å². The predicted octanol–water partition coefficient (Wildman–Crippen LogP) is 3.65. The van der Waals surface area contributed by atoms with E-state index >= 15 is 0 Å². The molecule has 3 rings (SSSR count). The van der Waals surface area contributed by atoms with Crippen molar-refractivity contribution < 1.29 is 4.74 Å². The Morgan fingerprint density at radius 3 is 2.72 bits per heavy atom. The highest BCUT2D eigenvalue weighted by atomic mass is 16.5. The van der Waals surface area contributed by atoms with Crippen molar-refractivity contribution >= 4 is 16.7 Å². The molecule has 0 amide bonds.